The summed E-state index contributed by atoms with van der Waals surface area (Å²) in [6.45, 7) is 11.4. The molecule has 1 fully saturated rings. The minimum absolute atomic E-state index is 0.193. The molecule has 150 valence electrons. The van der Waals surface area contributed by atoms with Crippen molar-refractivity contribution in [3.05, 3.63) is 0 Å². The average molecular weight is 353 g/mol. The topological polar surface area (TPSA) is 24.1 Å². The molecule has 1 aliphatic rings. The monoisotopic (exact) mass is 352 g/mol. The van der Waals surface area contributed by atoms with Crippen molar-refractivity contribution in [3.8, 4) is 0 Å². The van der Waals surface area contributed by atoms with Crippen LogP contribution in [0, 0.1) is 11.8 Å². The molecule has 1 aliphatic carbocycles. The quantitative estimate of drug-likeness (QED) is 0.240. The number of unbranched alkanes of at least 4 members (excludes halogenated alkanes) is 6. The fraction of sp³-hybridized carbons (Fsp3) is 1.00. The van der Waals surface area contributed by atoms with Gasteiger partial charge in [0.1, 0.15) is 0 Å². The Morgan fingerprint density at radius 3 is 1.80 bits per heavy atom. The number of hydrogen-bond donors (Lipinski definition) is 2. The molecule has 1 saturated carbocycles. The molecule has 0 radical (unpaired) electrons. The van der Waals surface area contributed by atoms with E-state index in [4.69, 9.17) is 0 Å². The predicted octanol–water partition coefficient (Wildman–Crippen LogP) is 6.65. The molecule has 0 aromatic rings. The summed E-state index contributed by atoms with van der Waals surface area (Å²) in [6, 6.07) is 0. The SMILES string of the molecule is CCCCCCCCC(CCCC)C(NCC)(NCC)C1CCCC1. The van der Waals surface area contributed by atoms with Gasteiger partial charge in [-0.3, -0.25) is 10.6 Å². The average Bonchev–Trinajstić information content (AvgIpc) is 3.15. The van der Waals surface area contributed by atoms with Crippen molar-refractivity contribution < 1.29 is 0 Å². The van der Waals surface area contributed by atoms with E-state index in [0.717, 1.165) is 24.9 Å². The van der Waals surface area contributed by atoms with E-state index in [1.165, 1.54) is 89.9 Å². The lowest BCUT2D eigenvalue weighted by Crippen LogP contribution is -2.65. The van der Waals surface area contributed by atoms with E-state index in [1.54, 1.807) is 0 Å². The van der Waals surface area contributed by atoms with Gasteiger partial charge in [-0.1, -0.05) is 91.9 Å². The fourth-order valence-corrected chi connectivity index (χ4v) is 5.16. The lowest BCUT2D eigenvalue weighted by Gasteiger charge is -2.47. The van der Waals surface area contributed by atoms with E-state index in [-0.39, 0.29) is 5.66 Å². The molecule has 0 aromatic heterocycles. The Morgan fingerprint density at radius 1 is 0.720 bits per heavy atom. The Hall–Kier alpha value is -0.0800. The van der Waals surface area contributed by atoms with E-state index in [2.05, 4.69) is 38.3 Å². The van der Waals surface area contributed by atoms with Crippen LogP contribution in [0.5, 0.6) is 0 Å². The third kappa shape index (κ3) is 7.59. The van der Waals surface area contributed by atoms with Crippen molar-refractivity contribution in [2.45, 2.75) is 123 Å². The second-order valence-corrected chi connectivity index (χ2v) is 8.31. The lowest BCUT2D eigenvalue weighted by atomic mass is 9.74. The van der Waals surface area contributed by atoms with Gasteiger partial charge in [0, 0.05) is 0 Å². The fourth-order valence-electron chi connectivity index (χ4n) is 5.16. The highest BCUT2D eigenvalue weighted by atomic mass is 15.2. The largest absolute Gasteiger partial charge is 0.299 e. The summed E-state index contributed by atoms with van der Waals surface area (Å²) in [6.07, 6.45) is 19.7. The van der Waals surface area contributed by atoms with Gasteiger partial charge >= 0.3 is 0 Å². The summed E-state index contributed by atoms with van der Waals surface area (Å²) in [4.78, 5) is 0. The molecule has 0 bridgehead atoms. The molecular formula is C23H48N2. The summed E-state index contributed by atoms with van der Waals surface area (Å²) in [5.74, 6) is 1.62. The highest BCUT2D eigenvalue weighted by Gasteiger charge is 2.44. The Morgan fingerprint density at radius 2 is 1.24 bits per heavy atom. The van der Waals surface area contributed by atoms with E-state index in [0.29, 0.717) is 0 Å². The van der Waals surface area contributed by atoms with Crippen molar-refractivity contribution in [2.75, 3.05) is 13.1 Å². The minimum atomic E-state index is 0.193. The second-order valence-electron chi connectivity index (χ2n) is 8.31. The van der Waals surface area contributed by atoms with Gasteiger partial charge in [0.2, 0.25) is 0 Å². The van der Waals surface area contributed by atoms with Gasteiger partial charge in [-0.15, -0.1) is 0 Å². The maximum absolute atomic E-state index is 4.00. The first kappa shape index (κ1) is 23.0. The van der Waals surface area contributed by atoms with Gasteiger partial charge in [-0.2, -0.15) is 0 Å². The van der Waals surface area contributed by atoms with Crippen molar-refractivity contribution in [1.82, 2.24) is 10.6 Å². The van der Waals surface area contributed by atoms with Crippen LogP contribution in [0.2, 0.25) is 0 Å². The molecule has 1 rings (SSSR count). The zero-order valence-electron chi connectivity index (χ0n) is 18.0. The number of nitrogens with one attached hydrogen (secondary N) is 2. The third-order valence-electron chi connectivity index (χ3n) is 6.39. The molecule has 2 heteroatoms. The molecule has 0 saturated heterocycles. The van der Waals surface area contributed by atoms with E-state index in [1.807, 2.05) is 0 Å². The molecule has 25 heavy (non-hydrogen) atoms. The van der Waals surface area contributed by atoms with Crippen LogP contribution >= 0.6 is 0 Å². The normalized spacial score (nSPS) is 17.3. The van der Waals surface area contributed by atoms with Crippen molar-refractivity contribution in [1.29, 1.82) is 0 Å². The van der Waals surface area contributed by atoms with E-state index in [9.17, 15) is 0 Å². The smallest absolute Gasteiger partial charge is 0.0744 e. The minimum Gasteiger partial charge on any atom is -0.299 e. The molecule has 0 spiro atoms. The van der Waals surface area contributed by atoms with Crippen LogP contribution in [0.25, 0.3) is 0 Å². The van der Waals surface area contributed by atoms with Gasteiger partial charge in [0.25, 0.3) is 0 Å². The van der Waals surface area contributed by atoms with Crippen LogP contribution in [-0.2, 0) is 0 Å². The molecule has 0 aliphatic heterocycles. The molecule has 0 aromatic carbocycles. The van der Waals surface area contributed by atoms with Gasteiger partial charge in [-0.25, -0.2) is 0 Å². The molecule has 2 N–H and O–H groups in total. The lowest BCUT2D eigenvalue weighted by molar-refractivity contribution is 0.0713. The molecule has 0 heterocycles. The molecule has 0 amide bonds. The summed E-state index contributed by atoms with van der Waals surface area (Å²) in [5, 5.41) is 8.00. The van der Waals surface area contributed by atoms with Crippen LogP contribution in [0.15, 0.2) is 0 Å². The first-order valence-electron chi connectivity index (χ1n) is 11.7. The zero-order valence-corrected chi connectivity index (χ0v) is 18.0. The van der Waals surface area contributed by atoms with Crippen LogP contribution in [0.4, 0.5) is 0 Å². The summed E-state index contributed by atoms with van der Waals surface area (Å²) in [5.41, 5.74) is 0.193. The van der Waals surface area contributed by atoms with Crippen LogP contribution in [0.1, 0.15) is 118 Å². The van der Waals surface area contributed by atoms with E-state index < -0.39 is 0 Å². The summed E-state index contributed by atoms with van der Waals surface area (Å²) in [7, 11) is 0. The maximum atomic E-state index is 4.00. The van der Waals surface area contributed by atoms with Crippen LogP contribution in [-0.4, -0.2) is 18.8 Å². The highest BCUT2D eigenvalue weighted by Crippen LogP contribution is 2.40. The van der Waals surface area contributed by atoms with Crippen LogP contribution < -0.4 is 10.6 Å². The Bertz CT molecular complexity index is 290. The molecule has 2 nitrogen and oxygen atoms in total. The van der Waals surface area contributed by atoms with Crippen molar-refractivity contribution >= 4 is 0 Å². The first-order valence-corrected chi connectivity index (χ1v) is 11.7. The van der Waals surface area contributed by atoms with Crippen LogP contribution in [0.3, 0.4) is 0 Å². The number of hydrogen-bond acceptors (Lipinski definition) is 2. The summed E-state index contributed by atoms with van der Waals surface area (Å²) >= 11 is 0. The first-order chi connectivity index (χ1) is 12.2. The standard InChI is InChI=1S/C23H48N2/c1-5-9-11-12-13-14-18-21(17-10-6-2)23(24-7-3,25-8-4)22-19-15-16-20-22/h21-22,24-25H,5-20H2,1-4H3. The predicted molar refractivity (Wildman–Crippen MR) is 113 cm³/mol. The zero-order chi connectivity index (χ0) is 18.4. The highest BCUT2D eigenvalue weighted by molar-refractivity contribution is 4.99. The van der Waals surface area contributed by atoms with Gasteiger partial charge in [0.15, 0.2) is 0 Å². The number of rotatable bonds is 16. The van der Waals surface area contributed by atoms with Crippen molar-refractivity contribution in [3.63, 3.8) is 0 Å². The Labute approximate surface area is 159 Å². The summed E-state index contributed by atoms with van der Waals surface area (Å²) < 4.78 is 0. The van der Waals surface area contributed by atoms with Crippen molar-refractivity contribution in [2.24, 2.45) is 11.8 Å². The molecule has 1 atom stereocenters. The second kappa shape index (κ2) is 14.0. The van der Waals surface area contributed by atoms with Gasteiger partial charge < -0.3 is 0 Å². The third-order valence-corrected chi connectivity index (χ3v) is 6.39. The molecule has 1 unspecified atom stereocenters. The van der Waals surface area contributed by atoms with Gasteiger partial charge in [-0.05, 0) is 50.6 Å². The Kier molecular flexibility index (Phi) is 12.9. The van der Waals surface area contributed by atoms with Gasteiger partial charge in [0.05, 0.1) is 5.66 Å². The maximum Gasteiger partial charge on any atom is 0.0744 e. The van der Waals surface area contributed by atoms with E-state index >= 15 is 0 Å². The molecular weight excluding hydrogens is 304 g/mol. The Balaban J connectivity index is 2.75.